The summed E-state index contributed by atoms with van der Waals surface area (Å²) < 4.78 is 0. The van der Waals surface area contributed by atoms with Crippen molar-refractivity contribution in [2.24, 2.45) is 5.73 Å². The van der Waals surface area contributed by atoms with E-state index in [1.807, 2.05) is 36.5 Å². The van der Waals surface area contributed by atoms with Crippen LogP contribution in [0.2, 0.25) is 10.0 Å². The lowest BCUT2D eigenvalue weighted by Gasteiger charge is -2.15. The molecule has 0 fully saturated rings. The van der Waals surface area contributed by atoms with Crippen LogP contribution in [0, 0.1) is 0 Å². The Morgan fingerprint density at radius 1 is 1.10 bits per heavy atom. The van der Waals surface area contributed by atoms with E-state index >= 15 is 0 Å². The summed E-state index contributed by atoms with van der Waals surface area (Å²) in [7, 11) is 0. The average molecular weight is 354 g/mol. The largest absolute Gasteiger partial charge is 0.330 e. The minimum Gasteiger partial charge on any atom is -0.330 e. The van der Waals surface area contributed by atoms with E-state index in [0.717, 1.165) is 12.0 Å². The number of pyridine rings is 1. The summed E-state index contributed by atoms with van der Waals surface area (Å²) in [5.74, 6) is 0.226. The third-order valence-electron chi connectivity index (χ3n) is 2.90. The van der Waals surface area contributed by atoms with Crippen LogP contribution in [0.3, 0.4) is 0 Å². The van der Waals surface area contributed by atoms with Crippen LogP contribution in [-0.2, 0) is 6.42 Å². The number of halogens is 4. The maximum Gasteiger partial charge on any atom is 0.0595 e. The molecule has 0 aliphatic heterocycles. The Kier molecular flexibility index (Phi) is 9.19. The number of hydrogen-bond acceptors (Lipinski definition) is 2. The van der Waals surface area contributed by atoms with Crippen LogP contribution < -0.4 is 5.73 Å². The molecule has 1 aromatic heterocycles. The second kappa shape index (κ2) is 9.43. The fourth-order valence-electron chi connectivity index (χ4n) is 1.91. The molecule has 20 heavy (non-hydrogen) atoms. The quantitative estimate of drug-likeness (QED) is 0.877. The molecule has 0 saturated heterocycles. The molecule has 110 valence electrons. The third kappa shape index (κ3) is 5.12. The minimum absolute atomic E-state index is 0. The normalized spacial score (nSPS) is 11.2. The second-order valence-corrected chi connectivity index (χ2v) is 4.99. The first-order valence-electron chi connectivity index (χ1n) is 5.74. The van der Waals surface area contributed by atoms with Gasteiger partial charge in [-0.1, -0.05) is 35.3 Å². The molecule has 0 radical (unpaired) electrons. The highest BCUT2D eigenvalue weighted by Gasteiger charge is 2.12. The van der Waals surface area contributed by atoms with Gasteiger partial charge in [0.05, 0.1) is 10.0 Å². The van der Waals surface area contributed by atoms with Gasteiger partial charge in [0.2, 0.25) is 0 Å². The standard InChI is InChI=1S/C14H14Cl2N2.2ClH/c15-13-4-3-11(7-14(13)16)12(8-17)6-10-2-1-5-18-9-10;;/h1-5,7,9,12H,6,8,17H2;2*1H. The lowest BCUT2D eigenvalue weighted by molar-refractivity contribution is 0.693. The fraction of sp³-hybridized carbons (Fsp3) is 0.214. The van der Waals surface area contributed by atoms with Crippen LogP contribution in [0.4, 0.5) is 0 Å². The van der Waals surface area contributed by atoms with Crippen LogP contribution in [0.15, 0.2) is 42.7 Å². The molecule has 2 nitrogen and oxygen atoms in total. The van der Waals surface area contributed by atoms with Gasteiger partial charge < -0.3 is 5.73 Å². The lowest BCUT2D eigenvalue weighted by Crippen LogP contribution is -2.15. The van der Waals surface area contributed by atoms with Crippen LogP contribution in [0.1, 0.15) is 17.0 Å². The topological polar surface area (TPSA) is 38.9 Å². The lowest BCUT2D eigenvalue weighted by atomic mass is 9.93. The van der Waals surface area contributed by atoms with E-state index in [1.54, 1.807) is 6.20 Å². The summed E-state index contributed by atoms with van der Waals surface area (Å²) >= 11 is 11.9. The van der Waals surface area contributed by atoms with Gasteiger partial charge >= 0.3 is 0 Å². The Bertz CT molecular complexity index is 520. The summed E-state index contributed by atoms with van der Waals surface area (Å²) in [5, 5.41) is 1.14. The van der Waals surface area contributed by atoms with Crippen molar-refractivity contribution in [3.63, 3.8) is 0 Å². The first-order valence-corrected chi connectivity index (χ1v) is 6.50. The molecular weight excluding hydrogens is 338 g/mol. The van der Waals surface area contributed by atoms with Crippen molar-refractivity contribution in [2.45, 2.75) is 12.3 Å². The SMILES string of the molecule is Cl.Cl.NCC(Cc1cccnc1)c1ccc(Cl)c(Cl)c1. The van der Waals surface area contributed by atoms with E-state index < -0.39 is 0 Å². The maximum atomic E-state index is 6.03. The Morgan fingerprint density at radius 3 is 2.40 bits per heavy atom. The maximum absolute atomic E-state index is 6.03. The monoisotopic (exact) mass is 352 g/mol. The zero-order chi connectivity index (χ0) is 13.0. The van der Waals surface area contributed by atoms with Crippen LogP contribution in [-0.4, -0.2) is 11.5 Å². The zero-order valence-corrected chi connectivity index (χ0v) is 13.8. The Balaban J connectivity index is 0.00000180. The average Bonchev–Trinajstić information content (AvgIpc) is 2.40. The Morgan fingerprint density at radius 2 is 1.85 bits per heavy atom. The highest BCUT2D eigenvalue weighted by atomic mass is 35.5. The number of nitrogens with zero attached hydrogens (tertiary/aromatic N) is 1. The van der Waals surface area contributed by atoms with Crippen molar-refractivity contribution in [1.29, 1.82) is 0 Å². The van der Waals surface area contributed by atoms with Crippen molar-refractivity contribution in [1.82, 2.24) is 4.98 Å². The van der Waals surface area contributed by atoms with E-state index in [0.29, 0.717) is 16.6 Å². The van der Waals surface area contributed by atoms with Gasteiger partial charge in [0, 0.05) is 18.3 Å². The summed E-state index contributed by atoms with van der Waals surface area (Å²) in [6, 6.07) is 9.65. The van der Waals surface area contributed by atoms with Gasteiger partial charge in [0.15, 0.2) is 0 Å². The predicted octanol–water partition coefficient (Wildman–Crippen LogP) is 4.52. The molecule has 1 atom stereocenters. The van der Waals surface area contributed by atoms with Gasteiger partial charge in [-0.15, -0.1) is 24.8 Å². The van der Waals surface area contributed by atoms with Crippen LogP contribution in [0.25, 0.3) is 0 Å². The predicted molar refractivity (Wildman–Crippen MR) is 90.7 cm³/mol. The van der Waals surface area contributed by atoms with E-state index in [2.05, 4.69) is 4.98 Å². The highest BCUT2D eigenvalue weighted by Crippen LogP contribution is 2.27. The zero-order valence-electron chi connectivity index (χ0n) is 10.6. The van der Waals surface area contributed by atoms with Crippen molar-refractivity contribution >= 4 is 48.0 Å². The number of nitrogens with two attached hydrogens (primary N) is 1. The second-order valence-electron chi connectivity index (χ2n) is 4.17. The Labute approximate surface area is 141 Å². The molecular formula is C14H16Cl4N2. The highest BCUT2D eigenvalue weighted by molar-refractivity contribution is 6.42. The smallest absolute Gasteiger partial charge is 0.0595 e. The minimum atomic E-state index is 0. The van der Waals surface area contributed by atoms with Crippen molar-refractivity contribution < 1.29 is 0 Å². The molecule has 0 aliphatic rings. The van der Waals surface area contributed by atoms with E-state index in [-0.39, 0.29) is 30.7 Å². The molecule has 0 aliphatic carbocycles. The van der Waals surface area contributed by atoms with Crippen molar-refractivity contribution in [2.75, 3.05) is 6.54 Å². The van der Waals surface area contributed by atoms with E-state index in [9.17, 15) is 0 Å². The molecule has 1 heterocycles. The number of hydrogen-bond donors (Lipinski definition) is 1. The first kappa shape index (κ1) is 19.5. The van der Waals surface area contributed by atoms with Crippen LogP contribution in [0.5, 0.6) is 0 Å². The molecule has 0 saturated carbocycles. The number of aromatic nitrogens is 1. The van der Waals surface area contributed by atoms with Gasteiger partial charge in [-0.25, -0.2) is 0 Å². The van der Waals surface area contributed by atoms with Gasteiger partial charge in [-0.3, -0.25) is 4.98 Å². The van der Waals surface area contributed by atoms with Gasteiger partial charge in [0.25, 0.3) is 0 Å². The van der Waals surface area contributed by atoms with E-state index in [4.69, 9.17) is 28.9 Å². The van der Waals surface area contributed by atoms with Gasteiger partial charge in [-0.05, 0) is 42.3 Å². The molecule has 2 aromatic rings. The van der Waals surface area contributed by atoms with Crippen molar-refractivity contribution in [3.8, 4) is 0 Å². The van der Waals surface area contributed by atoms with Crippen LogP contribution >= 0.6 is 48.0 Å². The molecule has 1 aromatic carbocycles. The summed E-state index contributed by atoms with van der Waals surface area (Å²) in [4.78, 5) is 4.11. The first-order chi connectivity index (χ1) is 8.70. The molecule has 6 heteroatoms. The molecule has 1 unspecified atom stereocenters. The molecule has 0 bridgehead atoms. The van der Waals surface area contributed by atoms with Crippen molar-refractivity contribution in [3.05, 3.63) is 63.9 Å². The fourth-order valence-corrected chi connectivity index (χ4v) is 2.21. The third-order valence-corrected chi connectivity index (χ3v) is 3.64. The molecule has 2 rings (SSSR count). The summed E-state index contributed by atoms with van der Waals surface area (Å²) in [5.41, 5.74) is 8.12. The number of rotatable bonds is 4. The summed E-state index contributed by atoms with van der Waals surface area (Å²) in [6.45, 7) is 0.562. The Hall–Kier alpha value is -0.510. The molecule has 2 N–H and O–H groups in total. The van der Waals surface area contributed by atoms with Gasteiger partial charge in [0.1, 0.15) is 0 Å². The van der Waals surface area contributed by atoms with Gasteiger partial charge in [-0.2, -0.15) is 0 Å². The number of benzene rings is 1. The molecule has 0 amide bonds. The summed E-state index contributed by atoms with van der Waals surface area (Å²) in [6.07, 6.45) is 4.47. The molecule has 0 spiro atoms. The van der Waals surface area contributed by atoms with E-state index in [1.165, 1.54) is 5.56 Å².